The van der Waals surface area contributed by atoms with Crippen LogP contribution in [-0.2, 0) is 7.05 Å². The number of anilines is 1. The maximum absolute atomic E-state index is 12.1. The van der Waals surface area contributed by atoms with Crippen LogP contribution < -0.4 is 5.32 Å². The average Bonchev–Trinajstić information content (AvgIpc) is 2.95. The van der Waals surface area contributed by atoms with Gasteiger partial charge in [-0.2, -0.15) is 0 Å². The number of hydrogen-bond acceptors (Lipinski definition) is 2. The zero-order chi connectivity index (χ0) is 14.7. The van der Waals surface area contributed by atoms with Gasteiger partial charge in [0.05, 0.1) is 0 Å². The van der Waals surface area contributed by atoms with Crippen molar-refractivity contribution in [2.75, 3.05) is 5.32 Å². The van der Waals surface area contributed by atoms with E-state index in [0.29, 0.717) is 5.69 Å². The van der Waals surface area contributed by atoms with E-state index in [2.05, 4.69) is 10.3 Å². The van der Waals surface area contributed by atoms with Crippen LogP contribution >= 0.6 is 0 Å². The molecule has 0 aliphatic rings. The van der Waals surface area contributed by atoms with Crippen LogP contribution in [0.15, 0.2) is 67.1 Å². The Morgan fingerprint density at radius 2 is 1.86 bits per heavy atom. The quantitative estimate of drug-likeness (QED) is 0.798. The number of hydrogen-bond donors (Lipinski definition) is 1. The number of aryl methyl sites for hydroxylation is 1. The molecule has 0 unspecified atom stereocenters. The highest BCUT2D eigenvalue weighted by Gasteiger charge is 2.08. The van der Waals surface area contributed by atoms with Gasteiger partial charge in [0.25, 0.3) is 5.91 Å². The summed E-state index contributed by atoms with van der Waals surface area (Å²) in [7, 11) is 1.85. The molecule has 0 saturated carbocycles. The lowest BCUT2D eigenvalue weighted by Gasteiger charge is -2.07. The highest BCUT2D eigenvalue weighted by atomic mass is 16.1. The minimum atomic E-state index is -0.114. The van der Waals surface area contributed by atoms with Crippen molar-refractivity contribution >= 4 is 11.6 Å². The first-order valence-corrected chi connectivity index (χ1v) is 6.67. The van der Waals surface area contributed by atoms with E-state index >= 15 is 0 Å². The molecule has 0 spiro atoms. The number of benzene rings is 1. The van der Waals surface area contributed by atoms with Crippen LogP contribution in [0.5, 0.6) is 0 Å². The van der Waals surface area contributed by atoms with Gasteiger partial charge in [-0.1, -0.05) is 18.2 Å². The van der Waals surface area contributed by atoms with E-state index in [-0.39, 0.29) is 5.91 Å². The van der Waals surface area contributed by atoms with E-state index in [1.54, 1.807) is 16.8 Å². The molecule has 104 valence electrons. The summed E-state index contributed by atoms with van der Waals surface area (Å²) in [4.78, 5) is 16.2. The molecule has 3 rings (SSSR count). The van der Waals surface area contributed by atoms with E-state index in [9.17, 15) is 4.79 Å². The summed E-state index contributed by atoms with van der Waals surface area (Å²) in [6.45, 7) is 0. The summed E-state index contributed by atoms with van der Waals surface area (Å²) in [6, 6.07) is 15.3. The van der Waals surface area contributed by atoms with Gasteiger partial charge in [-0.25, -0.2) is 0 Å². The lowest BCUT2D eigenvalue weighted by atomic mass is 10.1. The molecule has 0 atom stereocenters. The number of carbonyl (C=O) groups excluding carboxylic acids is 1. The lowest BCUT2D eigenvalue weighted by Crippen LogP contribution is -2.15. The molecule has 0 saturated heterocycles. The second-order valence-corrected chi connectivity index (χ2v) is 4.78. The maximum atomic E-state index is 12.1. The molecule has 0 aliphatic heterocycles. The minimum Gasteiger partial charge on any atom is -0.347 e. The third kappa shape index (κ3) is 2.84. The van der Waals surface area contributed by atoms with Gasteiger partial charge in [0, 0.05) is 31.3 Å². The Balaban J connectivity index is 1.76. The van der Waals surface area contributed by atoms with Crippen LogP contribution in [0.1, 0.15) is 10.5 Å². The molecule has 3 aromatic rings. The van der Waals surface area contributed by atoms with E-state index in [4.69, 9.17) is 0 Å². The second-order valence-electron chi connectivity index (χ2n) is 4.78. The van der Waals surface area contributed by atoms with Crippen molar-refractivity contribution in [2.24, 2.45) is 7.05 Å². The van der Waals surface area contributed by atoms with Crippen LogP contribution in [-0.4, -0.2) is 15.5 Å². The molecular weight excluding hydrogens is 262 g/mol. The number of nitrogens with zero attached hydrogens (tertiary/aromatic N) is 2. The Morgan fingerprint density at radius 3 is 2.48 bits per heavy atom. The van der Waals surface area contributed by atoms with Crippen LogP contribution in [0, 0.1) is 0 Å². The van der Waals surface area contributed by atoms with Crippen LogP contribution in [0.2, 0.25) is 0 Å². The smallest absolute Gasteiger partial charge is 0.272 e. The fourth-order valence-corrected chi connectivity index (χ4v) is 2.17. The maximum Gasteiger partial charge on any atom is 0.272 e. The van der Waals surface area contributed by atoms with Gasteiger partial charge < -0.3 is 9.88 Å². The van der Waals surface area contributed by atoms with Crippen LogP contribution in [0.3, 0.4) is 0 Å². The molecule has 0 aliphatic carbocycles. The second kappa shape index (κ2) is 5.63. The largest absolute Gasteiger partial charge is 0.347 e. The topological polar surface area (TPSA) is 46.9 Å². The van der Waals surface area contributed by atoms with Gasteiger partial charge in [0.2, 0.25) is 0 Å². The molecule has 21 heavy (non-hydrogen) atoms. The summed E-state index contributed by atoms with van der Waals surface area (Å²) in [5.74, 6) is -0.114. The normalized spacial score (nSPS) is 10.3. The Kier molecular flexibility index (Phi) is 3.51. The monoisotopic (exact) mass is 277 g/mol. The van der Waals surface area contributed by atoms with Gasteiger partial charge in [0.15, 0.2) is 0 Å². The number of pyridine rings is 1. The summed E-state index contributed by atoms with van der Waals surface area (Å²) in [5, 5.41) is 2.89. The lowest BCUT2D eigenvalue weighted by molar-refractivity contribution is 0.101. The van der Waals surface area contributed by atoms with Crippen molar-refractivity contribution in [2.45, 2.75) is 0 Å². The standard InChI is InChI=1S/C17H15N3O/c1-20-11-3-5-16(20)17(21)19-15-8-6-13(7-9-15)14-4-2-10-18-12-14/h2-12H,1H3,(H,19,21). The summed E-state index contributed by atoms with van der Waals surface area (Å²) in [5.41, 5.74) is 3.53. The van der Waals surface area contributed by atoms with Crippen LogP contribution in [0.25, 0.3) is 11.1 Å². The Morgan fingerprint density at radius 1 is 1.05 bits per heavy atom. The predicted molar refractivity (Wildman–Crippen MR) is 83.0 cm³/mol. The summed E-state index contributed by atoms with van der Waals surface area (Å²) < 4.78 is 1.79. The Bertz CT molecular complexity index is 745. The Labute approximate surface area is 123 Å². The Hall–Kier alpha value is -2.88. The first-order chi connectivity index (χ1) is 10.2. The molecule has 4 nitrogen and oxygen atoms in total. The fourth-order valence-electron chi connectivity index (χ4n) is 2.17. The fraction of sp³-hybridized carbons (Fsp3) is 0.0588. The van der Waals surface area contributed by atoms with Crippen LogP contribution in [0.4, 0.5) is 5.69 Å². The number of carbonyl (C=O) groups is 1. The van der Waals surface area contributed by atoms with Gasteiger partial charge in [-0.05, 0) is 41.5 Å². The van der Waals surface area contributed by atoms with E-state index < -0.39 is 0 Å². The molecule has 1 aromatic carbocycles. The number of rotatable bonds is 3. The van der Waals surface area contributed by atoms with Crippen molar-refractivity contribution in [3.8, 4) is 11.1 Å². The molecule has 2 heterocycles. The van der Waals surface area contributed by atoms with E-state index in [1.807, 2.05) is 61.9 Å². The zero-order valence-electron chi connectivity index (χ0n) is 11.7. The zero-order valence-corrected chi connectivity index (χ0v) is 11.7. The number of aromatic nitrogens is 2. The highest BCUT2D eigenvalue weighted by Crippen LogP contribution is 2.20. The van der Waals surface area contributed by atoms with Gasteiger partial charge in [-0.15, -0.1) is 0 Å². The minimum absolute atomic E-state index is 0.114. The van der Waals surface area contributed by atoms with Crippen molar-refractivity contribution in [3.05, 3.63) is 72.8 Å². The molecule has 4 heteroatoms. The molecule has 1 N–H and O–H groups in total. The molecule has 0 bridgehead atoms. The van der Waals surface area contributed by atoms with Gasteiger partial charge in [0.1, 0.15) is 5.69 Å². The predicted octanol–water partition coefficient (Wildman–Crippen LogP) is 3.34. The van der Waals surface area contributed by atoms with E-state index in [0.717, 1.165) is 16.8 Å². The molecular formula is C17H15N3O. The first-order valence-electron chi connectivity index (χ1n) is 6.67. The molecule has 0 fully saturated rings. The average molecular weight is 277 g/mol. The molecule has 2 aromatic heterocycles. The van der Waals surface area contributed by atoms with Crippen molar-refractivity contribution in [3.63, 3.8) is 0 Å². The molecule has 1 amide bonds. The van der Waals surface area contributed by atoms with Crippen molar-refractivity contribution < 1.29 is 4.79 Å². The van der Waals surface area contributed by atoms with Gasteiger partial charge >= 0.3 is 0 Å². The third-order valence-corrected chi connectivity index (χ3v) is 3.31. The van der Waals surface area contributed by atoms with Crippen molar-refractivity contribution in [1.29, 1.82) is 0 Å². The summed E-state index contributed by atoms with van der Waals surface area (Å²) in [6.07, 6.45) is 5.41. The van der Waals surface area contributed by atoms with E-state index in [1.165, 1.54) is 0 Å². The SMILES string of the molecule is Cn1cccc1C(=O)Nc1ccc(-c2cccnc2)cc1. The third-order valence-electron chi connectivity index (χ3n) is 3.31. The van der Waals surface area contributed by atoms with Gasteiger partial charge in [-0.3, -0.25) is 9.78 Å². The van der Waals surface area contributed by atoms with Crippen molar-refractivity contribution in [1.82, 2.24) is 9.55 Å². The molecule has 0 radical (unpaired) electrons. The number of amides is 1. The first kappa shape index (κ1) is 13.1. The summed E-state index contributed by atoms with van der Waals surface area (Å²) >= 11 is 0. The highest BCUT2D eigenvalue weighted by molar-refractivity contribution is 6.03. The number of nitrogens with one attached hydrogen (secondary N) is 1.